The number of methoxy groups -OCH3 is 2. The topological polar surface area (TPSA) is 73.0 Å². The average molecular weight is 663 g/mol. The van der Waals surface area contributed by atoms with Crippen LogP contribution in [-0.4, -0.2) is 84.7 Å². The second kappa shape index (κ2) is 13.9. The van der Waals surface area contributed by atoms with Crippen LogP contribution in [0.2, 0.25) is 0 Å². The standard InChI is InChI=1S/C39H46N6O4/c1-27-7-6-8-28(2)38(27)44-26-29-9-10-30(23-36(29)45(39(44)46)35-12-11-34(47-4)25-37(35)48-5)40-31-21-32(42-15-13-41(3)14-16-42)24-33(22-31)43-17-19-49-20-18-43/h6-12,21-25,40H,13-20,26H2,1-5H3. The van der Waals surface area contributed by atoms with Crippen molar-refractivity contribution in [3.8, 4) is 11.5 Å². The Morgan fingerprint density at radius 1 is 0.714 bits per heavy atom. The number of morpholine rings is 1. The van der Waals surface area contributed by atoms with Gasteiger partial charge in [0.1, 0.15) is 11.5 Å². The molecule has 0 aliphatic carbocycles. The number of piperazine rings is 1. The lowest BCUT2D eigenvalue weighted by molar-refractivity contribution is 0.122. The Hall–Kier alpha value is -4.93. The third-order valence-corrected chi connectivity index (χ3v) is 9.85. The Morgan fingerprint density at radius 2 is 1.41 bits per heavy atom. The van der Waals surface area contributed by atoms with Crippen LogP contribution in [0.15, 0.2) is 72.8 Å². The fraction of sp³-hybridized carbons (Fsp3) is 0.359. The first-order chi connectivity index (χ1) is 23.8. The molecule has 3 heterocycles. The Bertz CT molecular complexity index is 1810. The minimum atomic E-state index is -0.141. The molecular formula is C39H46N6O4. The Labute approximate surface area is 289 Å². The van der Waals surface area contributed by atoms with Crippen LogP contribution in [0, 0.1) is 13.8 Å². The lowest BCUT2D eigenvalue weighted by Crippen LogP contribution is -2.45. The number of anilines is 7. The van der Waals surface area contributed by atoms with Gasteiger partial charge in [-0.15, -0.1) is 0 Å². The quantitative estimate of drug-likeness (QED) is 0.218. The number of carbonyl (C=O) groups excluding carboxylic acids is 1. The lowest BCUT2D eigenvalue weighted by Gasteiger charge is -2.39. The Morgan fingerprint density at radius 3 is 2.08 bits per heavy atom. The summed E-state index contributed by atoms with van der Waals surface area (Å²) in [5.41, 5.74) is 9.81. The molecule has 2 amide bonds. The zero-order valence-electron chi connectivity index (χ0n) is 29.2. The number of likely N-dealkylation sites (N-methyl/N-ethyl adjacent to an activating group) is 1. The van der Waals surface area contributed by atoms with E-state index >= 15 is 0 Å². The van der Waals surface area contributed by atoms with Gasteiger partial charge in [-0.3, -0.25) is 9.80 Å². The van der Waals surface area contributed by atoms with E-state index in [0.29, 0.717) is 23.7 Å². The molecule has 0 saturated carbocycles. The summed E-state index contributed by atoms with van der Waals surface area (Å²) in [6, 6.07) is 24.7. The van der Waals surface area contributed by atoms with Gasteiger partial charge in [0.05, 0.1) is 51.0 Å². The van der Waals surface area contributed by atoms with Crippen molar-refractivity contribution in [3.63, 3.8) is 0 Å². The summed E-state index contributed by atoms with van der Waals surface area (Å²) in [5.74, 6) is 1.21. The highest BCUT2D eigenvalue weighted by atomic mass is 16.5. The fourth-order valence-electron chi connectivity index (χ4n) is 7.14. The van der Waals surface area contributed by atoms with E-state index in [0.717, 1.165) is 91.9 Å². The normalized spacial score (nSPS) is 16.9. The smallest absolute Gasteiger partial charge is 0.334 e. The van der Waals surface area contributed by atoms with E-state index in [2.05, 4.69) is 89.4 Å². The number of ether oxygens (including phenoxy) is 3. The summed E-state index contributed by atoms with van der Waals surface area (Å²) in [5, 5.41) is 3.72. The largest absolute Gasteiger partial charge is 0.497 e. The van der Waals surface area contributed by atoms with Crippen LogP contribution in [-0.2, 0) is 11.3 Å². The number of benzene rings is 4. The van der Waals surface area contributed by atoms with Crippen LogP contribution in [0.1, 0.15) is 16.7 Å². The first-order valence-electron chi connectivity index (χ1n) is 17.0. The van der Waals surface area contributed by atoms with Crippen LogP contribution < -0.4 is 34.4 Å². The lowest BCUT2D eigenvalue weighted by atomic mass is 10.0. The van der Waals surface area contributed by atoms with Crippen molar-refractivity contribution in [2.75, 3.05) is 98.7 Å². The van der Waals surface area contributed by atoms with Gasteiger partial charge >= 0.3 is 6.03 Å². The number of rotatable bonds is 8. The van der Waals surface area contributed by atoms with Gasteiger partial charge in [0.2, 0.25) is 0 Å². The summed E-state index contributed by atoms with van der Waals surface area (Å²) in [6.45, 7) is 11.8. The van der Waals surface area contributed by atoms with Crippen LogP contribution in [0.25, 0.3) is 0 Å². The molecule has 10 heteroatoms. The molecule has 1 N–H and O–H groups in total. The first kappa shape index (κ1) is 32.6. The zero-order chi connectivity index (χ0) is 34.1. The van der Waals surface area contributed by atoms with E-state index < -0.39 is 0 Å². The maximum absolute atomic E-state index is 14.7. The van der Waals surface area contributed by atoms with Gasteiger partial charge in [0.15, 0.2) is 0 Å². The van der Waals surface area contributed by atoms with Crippen molar-refractivity contribution in [2.24, 2.45) is 0 Å². The summed E-state index contributed by atoms with van der Waals surface area (Å²) >= 11 is 0. The number of urea groups is 1. The van der Waals surface area contributed by atoms with Gasteiger partial charge in [-0.25, -0.2) is 4.79 Å². The molecule has 2 fully saturated rings. The number of fused-ring (bicyclic) bond motifs is 1. The molecule has 4 aromatic rings. The molecule has 7 rings (SSSR count). The molecule has 0 unspecified atom stereocenters. The van der Waals surface area contributed by atoms with Crippen molar-refractivity contribution >= 4 is 45.8 Å². The third kappa shape index (κ3) is 6.58. The molecular weight excluding hydrogens is 616 g/mol. The van der Waals surface area contributed by atoms with Gasteiger partial charge < -0.3 is 34.2 Å². The highest BCUT2D eigenvalue weighted by molar-refractivity contribution is 6.12. The number of para-hydroxylation sites is 1. The zero-order valence-corrected chi connectivity index (χ0v) is 29.2. The molecule has 3 aliphatic rings. The monoisotopic (exact) mass is 662 g/mol. The molecule has 0 aromatic heterocycles. The Kier molecular flexibility index (Phi) is 9.25. The number of aryl methyl sites for hydroxylation is 2. The Balaban J connectivity index is 1.29. The van der Waals surface area contributed by atoms with Gasteiger partial charge in [0, 0.05) is 68.1 Å². The van der Waals surface area contributed by atoms with Crippen LogP contribution >= 0.6 is 0 Å². The summed E-state index contributed by atoms with van der Waals surface area (Å²) in [7, 11) is 5.43. The SMILES string of the molecule is COc1ccc(N2C(=O)N(c3c(C)cccc3C)Cc3ccc(Nc4cc(N5CCOCC5)cc(N5CCN(C)CC5)c4)cc32)c(OC)c1. The summed E-state index contributed by atoms with van der Waals surface area (Å²) in [4.78, 5) is 25.6. The summed E-state index contributed by atoms with van der Waals surface area (Å²) in [6.07, 6.45) is 0. The van der Waals surface area contributed by atoms with E-state index in [1.807, 2.05) is 29.2 Å². The molecule has 4 aromatic carbocycles. The van der Waals surface area contributed by atoms with E-state index in [9.17, 15) is 4.79 Å². The van der Waals surface area contributed by atoms with Crippen molar-refractivity contribution < 1.29 is 19.0 Å². The molecule has 10 nitrogen and oxygen atoms in total. The molecule has 256 valence electrons. The van der Waals surface area contributed by atoms with E-state index in [-0.39, 0.29) is 6.03 Å². The van der Waals surface area contributed by atoms with Gasteiger partial charge in [-0.1, -0.05) is 24.3 Å². The van der Waals surface area contributed by atoms with Crippen molar-refractivity contribution in [2.45, 2.75) is 20.4 Å². The minimum absolute atomic E-state index is 0.141. The predicted octanol–water partition coefficient (Wildman–Crippen LogP) is 6.93. The number of nitrogens with one attached hydrogen (secondary N) is 1. The highest BCUT2D eigenvalue weighted by Gasteiger charge is 2.35. The van der Waals surface area contributed by atoms with Crippen LogP contribution in [0.3, 0.4) is 0 Å². The van der Waals surface area contributed by atoms with Crippen molar-refractivity contribution in [1.82, 2.24) is 4.90 Å². The van der Waals surface area contributed by atoms with Crippen LogP contribution in [0.4, 0.5) is 44.6 Å². The van der Waals surface area contributed by atoms with Crippen LogP contribution in [0.5, 0.6) is 11.5 Å². The minimum Gasteiger partial charge on any atom is -0.497 e. The van der Waals surface area contributed by atoms with E-state index in [4.69, 9.17) is 14.2 Å². The predicted molar refractivity (Wildman–Crippen MR) is 198 cm³/mol. The average Bonchev–Trinajstić information content (AvgIpc) is 3.12. The molecule has 2 saturated heterocycles. The molecule has 3 aliphatic heterocycles. The second-order valence-corrected chi connectivity index (χ2v) is 13.1. The second-order valence-electron chi connectivity index (χ2n) is 13.1. The maximum Gasteiger partial charge on any atom is 0.334 e. The molecule has 0 bridgehead atoms. The van der Waals surface area contributed by atoms with Crippen molar-refractivity contribution in [3.05, 3.63) is 89.5 Å². The number of amides is 2. The number of hydrogen-bond acceptors (Lipinski definition) is 8. The maximum atomic E-state index is 14.7. The number of carbonyl (C=O) groups is 1. The molecule has 0 atom stereocenters. The number of nitrogens with zero attached hydrogens (tertiary/aromatic N) is 5. The molecule has 49 heavy (non-hydrogen) atoms. The van der Waals surface area contributed by atoms with Gasteiger partial charge in [-0.2, -0.15) is 0 Å². The third-order valence-electron chi connectivity index (χ3n) is 9.85. The fourth-order valence-corrected chi connectivity index (χ4v) is 7.14. The van der Waals surface area contributed by atoms with Crippen molar-refractivity contribution in [1.29, 1.82) is 0 Å². The number of hydrogen-bond donors (Lipinski definition) is 1. The van der Waals surface area contributed by atoms with Gasteiger partial charge in [-0.05, 0) is 80.1 Å². The van der Waals surface area contributed by atoms with Gasteiger partial charge in [0.25, 0.3) is 0 Å². The van der Waals surface area contributed by atoms with E-state index in [1.54, 1.807) is 19.1 Å². The first-order valence-corrected chi connectivity index (χ1v) is 17.0. The highest BCUT2D eigenvalue weighted by Crippen LogP contribution is 2.44. The van der Waals surface area contributed by atoms with E-state index in [1.165, 1.54) is 11.4 Å². The molecule has 0 spiro atoms. The summed E-state index contributed by atoms with van der Waals surface area (Å²) < 4.78 is 17.0. The molecule has 0 radical (unpaired) electrons.